The van der Waals surface area contributed by atoms with Gasteiger partial charge in [-0.25, -0.2) is 0 Å². The lowest BCUT2D eigenvalue weighted by Gasteiger charge is -2.34. The number of carboxylic acid groups (broad SMARTS) is 1. The van der Waals surface area contributed by atoms with Crippen LogP contribution in [0.15, 0.2) is 18.2 Å². The Hall–Kier alpha value is -1.51. The van der Waals surface area contributed by atoms with E-state index in [2.05, 4.69) is 6.07 Å². The number of hydrogen-bond acceptors (Lipinski definition) is 2. The van der Waals surface area contributed by atoms with Gasteiger partial charge in [0.1, 0.15) is 5.75 Å². The number of carboxylic acids is 1. The molecule has 2 fully saturated rings. The maximum Gasteiger partial charge on any atom is 0.314 e. The zero-order valence-electron chi connectivity index (χ0n) is 13.4. The van der Waals surface area contributed by atoms with E-state index in [1.165, 1.54) is 31.2 Å². The molecule has 1 N–H and O–H groups in total. The van der Waals surface area contributed by atoms with Gasteiger partial charge in [-0.1, -0.05) is 44.2 Å². The van der Waals surface area contributed by atoms with Crippen molar-refractivity contribution in [3.8, 4) is 5.75 Å². The number of benzene rings is 1. The predicted molar refractivity (Wildman–Crippen MR) is 86.6 cm³/mol. The van der Waals surface area contributed by atoms with Gasteiger partial charge < -0.3 is 9.84 Å². The van der Waals surface area contributed by atoms with Crippen LogP contribution in [0, 0.1) is 0 Å². The van der Waals surface area contributed by atoms with Gasteiger partial charge in [0, 0.05) is 0 Å². The Labute approximate surface area is 132 Å². The van der Waals surface area contributed by atoms with Crippen LogP contribution < -0.4 is 4.74 Å². The monoisotopic (exact) mass is 302 g/mol. The van der Waals surface area contributed by atoms with Gasteiger partial charge >= 0.3 is 5.97 Å². The molecule has 0 saturated heterocycles. The Morgan fingerprint density at radius 1 is 1.14 bits per heavy atom. The molecule has 0 spiro atoms. The summed E-state index contributed by atoms with van der Waals surface area (Å²) in [5.74, 6) is 0.797. The third-order valence-corrected chi connectivity index (χ3v) is 5.69. The SMILES string of the molecule is COc1ccc(C2(C(=O)O)CCCCC2)cc1C1CCCC1. The molecule has 22 heavy (non-hydrogen) atoms. The maximum atomic E-state index is 12.0. The molecule has 0 radical (unpaired) electrons. The lowest BCUT2D eigenvalue weighted by atomic mass is 9.69. The third kappa shape index (κ3) is 2.62. The Morgan fingerprint density at radius 3 is 2.41 bits per heavy atom. The molecule has 0 heterocycles. The molecule has 2 aliphatic carbocycles. The highest BCUT2D eigenvalue weighted by Gasteiger charge is 2.41. The molecule has 2 aliphatic rings. The van der Waals surface area contributed by atoms with Gasteiger partial charge in [0.2, 0.25) is 0 Å². The topological polar surface area (TPSA) is 46.5 Å². The van der Waals surface area contributed by atoms with Crippen LogP contribution in [0.25, 0.3) is 0 Å². The molecule has 3 nitrogen and oxygen atoms in total. The number of carbonyl (C=O) groups is 1. The fraction of sp³-hybridized carbons (Fsp3) is 0.632. The highest BCUT2D eigenvalue weighted by atomic mass is 16.5. The van der Waals surface area contributed by atoms with E-state index in [1.54, 1.807) is 7.11 Å². The van der Waals surface area contributed by atoms with Gasteiger partial charge in [-0.15, -0.1) is 0 Å². The van der Waals surface area contributed by atoms with Crippen molar-refractivity contribution in [2.24, 2.45) is 0 Å². The van der Waals surface area contributed by atoms with Crippen LogP contribution in [0.4, 0.5) is 0 Å². The molecule has 0 amide bonds. The van der Waals surface area contributed by atoms with Crippen molar-refractivity contribution in [2.75, 3.05) is 7.11 Å². The van der Waals surface area contributed by atoms with Crippen molar-refractivity contribution >= 4 is 5.97 Å². The van der Waals surface area contributed by atoms with E-state index in [1.807, 2.05) is 12.1 Å². The molecule has 1 aromatic carbocycles. The number of ether oxygens (including phenoxy) is 1. The summed E-state index contributed by atoms with van der Waals surface area (Å²) in [5, 5.41) is 9.89. The summed E-state index contributed by atoms with van der Waals surface area (Å²) in [6, 6.07) is 6.12. The Balaban J connectivity index is 2.02. The maximum absolute atomic E-state index is 12.0. The van der Waals surface area contributed by atoms with Crippen LogP contribution in [0.1, 0.15) is 74.8 Å². The van der Waals surface area contributed by atoms with Crippen molar-refractivity contribution in [3.63, 3.8) is 0 Å². The van der Waals surface area contributed by atoms with Crippen molar-refractivity contribution in [1.82, 2.24) is 0 Å². The largest absolute Gasteiger partial charge is 0.496 e. The minimum atomic E-state index is -0.683. The normalized spacial score (nSPS) is 21.7. The van der Waals surface area contributed by atoms with Gasteiger partial charge in [0.15, 0.2) is 0 Å². The van der Waals surface area contributed by atoms with E-state index in [9.17, 15) is 9.90 Å². The Bertz CT molecular complexity index is 538. The lowest BCUT2D eigenvalue weighted by Crippen LogP contribution is -2.37. The van der Waals surface area contributed by atoms with E-state index in [0.717, 1.165) is 43.4 Å². The summed E-state index contributed by atoms with van der Waals surface area (Å²) in [6.45, 7) is 0. The van der Waals surface area contributed by atoms with E-state index in [-0.39, 0.29) is 0 Å². The second kappa shape index (κ2) is 6.31. The van der Waals surface area contributed by atoms with Gasteiger partial charge in [-0.3, -0.25) is 4.79 Å². The highest BCUT2D eigenvalue weighted by Crippen LogP contribution is 2.44. The molecule has 0 aliphatic heterocycles. The number of hydrogen-bond donors (Lipinski definition) is 1. The number of rotatable bonds is 4. The fourth-order valence-electron chi connectivity index (χ4n) is 4.37. The molecule has 1 aromatic rings. The van der Waals surface area contributed by atoms with Gasteiger partial charge in [0.25, 0.3) is 0 Å². The quantitative estimate of drug-likeness (QED) is 0.881. The molecular formula is C19H26O3. The minimum Gasteiger partial charge on any atom is -0.496 e. The van der Waals surface area contributed by atoms with Crippen LogP contribution in [-0.4, -0.2) is 18.2 Å². The van der Waals surface area contributed by atoms with Crippen LogP contribution in [0.5, 0.6) is 5.75 Å². The summed E-state index contributed by atoms with van der Waals surface area (Å²) in [6.07, 6.45) is 9.62. The van der Waals surface area contributed by atoms with Crippen molar-refractivity contribution in [1.29, 1.82) is 0 Å². The van der Waals surface area contributed by atoms with E-state index in [4.69, 9.17) is 4.74 Å². The number of methoxy groups -OCH3 is 1. The fourth-order valence-corrected chi connectivity index (χ4v) is 4.37. The van der Waals surface area contributed by atoms with E-state index < -0.39 is 11.4 Å². The molecule has 2 saturated carbocycles. The zero-order valence-corrected chi connectivity index (χ0v) is 13.4. The minimum absolute atomic E-state index is 0.532. The summed E-state index contributed by atoms with van der Waals surface area (Å²) in [5.41, 5.74) is 1.53. The molecule has 0 atom stereocenters. The van der Waals surface area contributed by atoms with E-state index >= 15 is 0 Å². The molecule has 120 valence electrons. The first-order valence-electron chi connectivity index (χ1n) is 8.59. The van der Waals surface area contributed by atoms with Gasteiger partial charge in [-0.2, -0.15) is 0 Å². The van der Waals surface area contributed by atoms with Crippen molar-refractivity contribution in [2.45, 2.75) is 69.1 Å². The van der Waals surface area contributed by atoms with Crippen LogP contribution in [0.3, 0.4) is 0 Å². The standard InChI is InChI=1S/C19H26O3/c1-22-17-10-9-15(13-16(17)14-7-3-4-8-14)19(18(20)21)11-5-2-6-12-19/h9-10,13-14H,2-8,11-12H2,1H3,(H,20,21). The van der Waals surface area contributed by atoms with Crippen molar-refractivity contribution in [3.05, 3.63) is 29.3 Å². The summed E-state index contributed by atoms with van der Waals surface area (Å²) >= 11 is 0. The first-order chi connectivity index (χ1) is 10.7. The van der Waals surface area contributed by atoms with Crippen LogP contribution in [0.2, 0.25) is 0 Å². The Morgan fingerprint density at radius 2 is 1.82 bits per heavy atom. The smallest absolute Gasteiger partial charge is 0.314 e. The predicted octanol–water partition coefficient (Wildman–Crippen LogP) is 4.64. The molecule has 3 heteroatoms. The molecule has 0 aromatic heterocycles. The van der Waals surface area contributed by atoms with Crippen LogP contribution >= 0.6 is 0 Å². The first-order valence-corrected chi connectivity index (χ1v) is 8.59. The average molecular weight is 302 g/mol. The third-order valence-electron chi connectivity index (χ3n) is 5.69. The van der Waals surface area contributed by atoms with Gasteiger partial charge in [0.05, 0.1) is 12.5 Å². The summed E-state index contributed by atoms with van der Waals surface area (Å²) < 4.78 is 5.55. The first kappa shape index (κ1) is 15.4. The Kier molecular flexibility index (Phi) is 4.42. The summed E-state index contributed by atoms with van der Waals surface area (Å²) in [7, 11) is 1.71. The van der Waals surface area contributed by atoms with Crippen molar-refractivity contribution < 1.29 is 14.6 Å². The van der Waals surface area contributed by atoms with Gasteiger partial charge in [-0.05, 0) is 48.8 Å². The van der Waals surface area contributed by atoms with Crippen LogP contribution in [-0.2, 0) is 10.2 Å². The molecule has 3 rings (SSSR count). The molecular weight excluding hydrogens is 276 g/mol. The molecule has 0 unspecified atom stereocenters. The van der Waals surface area contributed by atoms with E-state index in [0.29, 0.717) is 5.92 Å². The number of aliphatic carboxylic acids is 1. The second-order valence-corrected chi connectivity index (χ2v) is 6.89. The summed E-state index contributed by atoms with van der Waals surface area (Å²) in [4.78, 5) is 12.0. The average Bonchev–Trinajstić information content (AvgIpc) is 3.09. The molecule has 0 bridgehead atoms. The lowest BCUT2D eigenvalue weighted by molar-refractivity contribution is -0.145. The zero-order chi connectivity index (χ0) is 15.6. The second-order valence-electron chi connectivity index (χ2n) is 6.89. The highest BCUT2D eigenvalue weighted by molar-refractivity contribution is 5.81.